The first-order valence-corrected chi connectivity index (χ1v) is 8.68. The van der Waals surface area contributed by atoms with Crippen LogP contribution in [0, 0.1) is 10.1 Å². The first kappa shape index (κ1) is 17.6. The Bertz CT molecular complexity index is 742. The molecule has 1 aliphatic rings. The summed E-state index contributed by atoms with van der Waals surface area (Å²) in [5.74, 6) is 0. The monoisotopic (exact) mass is 344 g/mol. The summed E-state index contributed by atoms with van der Waals surface area (Å²) in [6, 6.07) is 7.02. The minimum absolute atomic E-state index is 0.0965. The zero-order valence-electron chi connectivity index (χ0n) is 14.6. The number of nitro benzene ring substituents is 1. The predicted molar refractivity (Wildman–Crippen MR) is 98.0 cm³/mol. The molecule has 0 radical (unpaired) electrons. The molecule has 3 rings (SSSR count). The number of benzene rings is 1. The Balaban J connectivity index is 1.61. The largest absolute Gasteiger partial charge is 0.379 e. The number of nitrogens with one attached hydrogen (secondary N) is 1. The highest BCUT2D eigenvalue weighted by atomic mass is 16.6. The molecule has 134 valence electrons. The van der Waals surface area contributed by atoms with Crippen LogP contribution in [0.1, 0.15) is 20.3 Å². The van der Waals surface area contributed by atoms with Crippen LogP contribution in [-0.2, 0) is 4.74 Å². The molecule has 2 heterocycles. The van der Waals surface area contributed by atoms with Gasteiger partial charge in [-0.25, -0.2) is 0 Å². The first-order chi connectivity index (χ1) is 12.0. The van der Waals surface area contributed by atoms with E-state index in [1.54, 1.807) is 24.4 Å². The summed E-state index contributed by atoms with van der Waals surface area (Å²) in [4.78, 5) is 17.7. The van der Waals surface area contributed by atoms with Gasteiger partial charge in [0.25, 0.3) is 0 Å². The number of anilines is 1. The average molecular weight is 344 g/mol. The van der Waals surface area contributed by atoms with E-state index in [1.165, 1.54) is 0 Å². The maximum absolute atomic E-state index is 11.5. The van der Waals surface area contributed by atoms with Gasteiger partial charge in [-0.15, -0.1) is 0 Å². The van der Waals surface area contributed by atoms with Gasteiger partial charge in [0, 0.05) is 32.4 Å². The highest BCUT2D eigenvalue weighted by Crippen LogP contribution is 2.32. The molecule has 0 bridgehead atoms. The van der Waals surface area contributed by atoms with Crippen LogP contribution in [0.5, 0.6) is 0 Å². The van der Waals surface area contributed by atoms with Gasteiger partial charge in [-0.2, -0.15) is 0 Å². The highest BCUT2D eigenvalue weighted by Gasteiger charge is 2.22. The number of pyridine rings is 1. The third kappa shape index (κ3) is 4.24. The van der Waals surface area contributed by atoms with Gasteiger partial charge >= 0.3 is 5.69 Å². The summed E-state index contributed by atoms with van der Waals surface area (Å²) in [5.41, 5.74) is 1.28. The van der Waals surface area contributed by atoms with Gasteiger partial charge in [0.05, 0.1) is 28.0 Å². The van der Waals surface area contributed by atoms with E-state index in [-0.39, 0.29) is 22.8 Å². The van der Waals surface area contributed by atoms with Crippen LogP contribution < -0.4 is 5.32 Å². The number of fused-ring (bicyclic) bond motifs is 1. The molecule has 1 aliphatic heterocycles. The Hall–Kier alpha value is -2.25. The number of ether oxygens (including phenoxy) is 1. The van der Waals surface area contributed by atoms with Crippen LogP contribution in [0.3, 0.4) is 0 Å². The summed E-state index contributed by atoms with van der Waals surface area (Å²) < 4.78 is 5.74. The van der Waals surface area contributed by atoms with Crippen molar-refractivity contribution in [1.29, 1.82) is 0 Å². The van der Waals surface area contributed by atoms with Crippen molar-refractivity contribution < 1.29 is 9.66 Å². The van der Waals surface area contributed by atoms with Crippen LogP contribution in [-0.4, -0.2) is 53.2 Å². The van der Waals surface area contributed by atoms with Crippen molar-refractivity contribution in [3.05, 3.63) is 40.6 Å². The van der Waals surface area contributed by atoms with Crippen molar-refractivity contribution in [2.45, 2.75) is 32.5 Å². The molecule has 2 aromatic rings. The summed E-state index contributed by atoms with van der Waals surface area (Å²) in [6.45, 7) is 7.69. The second kappa shape index (κ2) is 7.76. The first-order valence-electron chi connectivity index (χ1n) is 8.68. The predicted octanol–water partition coefficient (Wildman–Crippen LogP) is 3.05. The maximum atomic E-state index is 11.5. The standard InChI is InChI=1S/C18H24N4O3/c1-13-11-21(12-14(2)25-13)10-4-9-20-17-7-6-16-15(5-3-8-19-16)18(17)22(23)24/h3,5-8,13-14,20H,4,9-12H2,1-2H3. The zero-order valence-corrected chi connectivity index (χ0v) is 14.6. The summed E-state index contributed by atoms with van der Waals surface area (Å²) in [5, 5.41) is 15.3. The van der Waals surface area contributed by atoms with E-state index < -0.39 is 0 Å². The number of morpholine rings is 1. The van der Waals surface area contributed by atoms with E-state index in [0.29, 0.717) is 23.1 Å². The lowest BCUT2D eigenvalue weighted by atomic mass is 10.1. The van der Waals surface area contributed by atoms with Crippen LogP contribution in [0.15, 0.2) is 30.5 Å². The highest BCUT2D eigenvalue weighted by molar-refractivity contribution is 5.94. The van der Waals surface area contributed by atoms with Gasteiger partial charge in [0.2, 0.25) is 0 Å². The smallest absolute Gasteiger partial charge is 0.301 e. The molecular formula is C18H24N4O3. The van der Waals surface area contributed by atoms with Crippen molar-refractivity contribution in [2.24, 2.45) is 0 Å². The molecule has 0 saturated carbocycles. The summed E-state index contributed by atoms with van der Waals surface area (Å²) >= 11 is 0. The zero-order chi connectivity index (χ0) is 17.8. The molecule has 1 saturated heterocycles. The van der Waals surface area contributed by atoms with E-state index in [0.717, 1.165) is 26.1 Å². The number of hydrogen-bond donors (Lipinski definition) is 1. The number of nitrogens with zero attached hydrogens (tertiary/aromatic N) is 3. The Morgan fingerprint density at radius 2 is 2.08 bits per heavy atom. The van der Waals surface area contributed by atoms with E-state index in [9.17, 15) is 10.1 Å². The van der Waals surface area contributed by atoms with Gasteiger partial charge in [-0.3, -0.25) is 20.0 Å². The molecule has 1 fully saturated rings. The number of hydrogen-bond acceptors (Lipinski definition) is 6. The van der Waals surface area contributed by atoms with Crippen LogP contribution in [0.2, 0.25) is 0 Å². The minimum atomic E-state index is -0.336. The third-order valence-electron chi connectivity index (χ3n) is 4.40. The molecule has 1 aromatic heterocycles. The third-order valence-corrected chi connectivity index (χ3v) is 4.40. The maximum Gasteiger partial charge on any atom is 0.301 e. The van der Waals surface area contributed by atoms with E-state index in [2.05, 4.69) is 29.0 Å². The Morgan fingerprint density at radius 3 is 2.80 bits per heavy atom. The number of rotatable bonds is 6. The van der Waals surface area contributed by atoms with E-state index >= 15 is 0 Å². The van der Waals surface area contributed by atoms with Gasteiger partial charge in [-0.05, 0) is 44.5 Å². The summed E-state index contributed by atoms with van der Waals surface area (Å²) in [7, 11) is 0. The Morgan fingerprint density at radius 1 is 1.32 bits per heavy atom. The second-order valence-electron chi connectivity index (χ2n) is 6.59. The second-order valence-corrected chi connectivity index (χ2v) is 6.59. The molecule has 25 heavy (non-hydrogen) atoms. The van der Waals surface area contributed by atoms with Crippen LogP contribution >= 0.6 is 0 Å². The van der Waals surface area contributed by atoms with Crippen molar-refractivity contribution in [2.75, 3.05) is 31.5 Å². The lowest BCUT2D eigenvalue weighted by Crippen LogP contribution is -2.45. The SMILES string of the molecule is CC1CN(CCCNc2ccc3ncccc3c2[N+](=O)[O-])CC(C)O1. The fraction of sp³-hybridized carbons (Fsp3) is 0.500. The molecule has 1 N–H and O–H groups in total. The molecule has 1 aromatic carbocycles. The van der Waals surface area contributed by atoms with Gasteiger partial charge in [0.15, 0.2) is 0 Å². The lowest BCUT2D eigenvalue weighted by molar-refractivity contribution is -0.382. The molecule has 0 amide bonds. The number of aromatic nitrogens is 1. The average Bonchev–Trinajstić information content (AvgIpc) is 2.57. The van der Waals surface area contributed by atoms with Crippen molar-refractivity contribution >= 4 is 22.3 Å². The minimum Gasteiger partial charge on any atom is -0.379 e. The van der Waals surface area contributed by atoms with Gasteiger partial charge in [-0.1, -0.05) is 0 Å². The molecular weight excluding hydrogens is 320 g/mol. The van der Waals surface area contributed by atoms with E-state index in [1.807, 2.05) is 6.07 Å². The lowest BCUT2D eigenvalue weighted by Gasteiger charge is -2.35. The molecule has 2 unspecified atom stereocenters. The van der Waals surface area contributed by atoms with Gasteiger partial charge in [0.1, 0.15) is 5.69 Å². The fourth-order valence-corrected chi connectivity index (χ4v) is 3.47. The quantitative estimate of drug-likeness (QED) is 0.493. The van der Waals surface area contributed by atoms with Crippen LogP contribution in [0.4, 0.5) is 11.4 Å². The van der Waals surface area contributed by atoms with Crippen molar-refractivity contribution in [3.8, 4) is 0 Å². The van der Waals surface area contributed by atoms with E-state index in [4.69, 9.17) is 4.74 Å². The summed E-state index contributed by atoms with van der Waals surface area (Å²) in [6.07, 6.45) is 3.07. The fourth-order valence-electron chi connectivity index (χ4n) is 3.47. The van der Waals surface area contributed by atoms with Gasteiger partial charge < -0.3 is 10.1 Å². The molecule has 7 nitrogen and oxygen atoms in total. The normalized spacial score (nSPS) is 21.4. The molecule has 2 atom stereocenters. The number of nitro groups is 1. The Labute approximate surface area is 147 Å². The topological polar surface area (TPSA) is 80.5 Å². The molecule has 0 spiro atoms. The van der Waals surface area contributed by atoms with Crippen molar-refractivity contribution in [1.82, 2.24) is 9.88 Å². The van der Waals surface area contributed by atoms with Crippen LogP contribution in [0.25, 0.3) is 10.9 Å². The molecule has 0 aliphatic carbocycles. The van der Waals surface area contributed by atoms with Crippen molar-refractivity contribution in [3.63, 3.8) is 0 Å². The Kier molecular flexibility index (Phi) is 5.45. The molecule has 7 heteroatoms.